The van der Waals surface area contributed by atoms with Crippen LogP contribution in [0.2, 0.25) is 36.3 Å². The van der Waals surface area contributed by atoms with Crippen molar-refractivity contribution in [1.82, 2.24) is 9.78 Å². The summed E-state index contributed by atoms with van der Waals surface area (Å²) < 4.78 is 35.2. The highest BCUT2D eigenvalue weighted by Gasteiger charge is 2.39. The van der Waals surface area contributed by atoms with Crippen LogP contribution in [0.25, 0.3) is 5.69 Å². The molecule has 0 bridgehead atoms. The Morgan fingerprint density at radius 3 is 2.24 bits per heavy atom. The fourth-order valence-electron chi connectivity index (χ4n) is 3.86. The van der Waals surface area contributed by atoms with Crippen molar-refractivity contribution >= 4 is 38.3 Å². The second kappa shape index (κ2) is 14.0. The third-order valence-corrected chi connectivity index (χ3v) is 18.3. The fraction of sp³-hybridized carbons (Fsp3) is 0.485. The van der Waals surface area contributed by atoms with Gasteiger partial charge in [0.25, 0.3) is 13.9 Å². The van der Waals surface area contributed by atoms with E-state index in [9.17, 15) is 14.7 Å². The van der Waals surface area contributed by atoms with Gasteiger partial charge in [-0.1, -0.05) is 53.7 Å². The number of hydrogen-bond donors (Lipinski definition) is 1. The first kappa shape index (κ1) is 36.8. The monoisotopic (exact) mass is 720 g/mol. The number of aromatic hydroxyl groups is 1. The molecular formula is C33H46BrFN2O6Si2. The summed E-state index contributed by atoms with van der Waals surface area (Å²) in [6.45, 7) is 22.4. The molecule has 2 aromatic carbocycles. The number of aromatic nitrogens is 2. The van der Waals surface area contributed by atoms with Gasteiger partial charge in [0.2, 0.25) is 5.78 Å². The van der Waals surface area contributed by atoms with Crippen LogP contribution in [-0.4, -0.2) is 50.5 Å². The summed E-state index contributed by atoms with van der Waals surface area (Å²) in [6, 6.07) is 10.0. The Bertz CT molecular complexity index is 1600. The normalized spacial score (nSPS) is 12.8. The second-order valence-corrected chi connectivity index (χ2v) is 24.6. The van der Waals surface area contributed by atoms with Gasteiger partial charge in [-0.3, -0.25) is 9.59 Å². The summed E-state index contributed by atoms with van der Waals surface area (Å²) >= 11 is 3.50. The summed E-state index contributed by atoms with van der Waals surface area (Å²) in [6.07, 6.45) is 0.654. The van der Waals surface area contributed by atoms with Gasteiger partial charge in [-0.15, -0.1) is 0 Å². The molecule has 8 nitrogen and oxygen atoms in total. The fourth-order valence-corrected chi connectivity index (χ4v) is 6.45. The van der Waals surface area contributed by atoms with E-state index < -0.39 is 45.2 Å². The minimum Gasteiger partial charge on any atom is -0.543 e. The van der Waals surface area contributed by atoms with Gasteiger partial charge in [0.15, 0.2) is 19.8 Å². The molecule has 0 fully saturated rings. The van der Waals surface area contributed by atoms with Crippen LogP contribution >= 0.6 is 15.9 Å². The number of para-hydroxylation sites is 1. The Kier molecular flexibility index (Phi) is 11.5. The quantitative estimate of drug-likeness (QED) is 0.114. The molecule has 3 aromatic rings. The largest absolute Gasteiger partial charge is 0.543 e. The molecule has 1 heterocycles. The van der Waals surface area contributed by atoms with Crippen LogP contribution in [0.15, 0.2) is 51.7 Å². The van der Waals surface area contributed by atoms with E-state index in [1.807, 2.05) is 0 Å². The molecule has 12 heteroatoms. The maximum absolute atomic E-state index is 15.3. The van der Waals surface area contributed by atoms with Gasteiger partial charge >= 0.3 is 0 Å². The molecule has 0 aliphatic carbocycles. The molecule has 0 amide bonds. The summed E-state index contributed by atoms with van der Waals surface area (Å²) in [5.41, 5.74) is -0.777. The van der Waals surface area contributed by atoms with Gasteiger partial charge in [-0.25, -0.2) is 4.39 Å². The Labute approximate surface area is 276 Å². The molecule has 0 unspecified atom stereocenters. The minimum absolute atomic E-state index is 0.00627. The standard InChI is InChI=1S/C33H46BrFN2O6Si2/c1-32(2,3)44(7,8)42-18-12-17-41-21-23-13-11-14-25(35)30(23)37-28(39)20-26(38)29(36-37)31(40)22-15-16-24(34)27(19-22)43-45(9,10)33(4,5)6/h11,13-16,19-20,38H,12,17-18,21H2,1-10H3. The molecule has 0 radical (unpaired) electrons. The molecule has 0 saturated heterocycles. The summed E-state index contributed by atoms with van der Waals surface area (Å²) in [7, 11) is -4.12. The topological polar surface area (TPSA) is 99.9 Å². The van der Waals surface area contributed by atoms with Crippen LogP contribution in [0.5, 0.6) is 11.5 Å². The third kappa shape index (κ3) is 8.79. The van der Waals surface area contributed by atoms with Crippen molar-refractivity contribution in [3.05, 3.63) is 79.9 Å². The van der Waals surface area contributed by atoms with Gasteiger partial charge in [-0.2, -0.15) is 9.78 Å². The van der Waals surface area contributed by atoms with Crippen LogP contribution in [0.3, 0.4) is 0 Å². The Morgan fingerprint density at radius 2 is 1.62 bits per heavy atom. The SMILES string of the molecule is CC(C)(C)[Si](C)(C)OCCCOCc1cccc(F)c1-n1nc(C(=O)c2ccc(Br)c(O[Si](C)(C)C(C)(C)C)c2)c(O)cc1=O. The zero-order valence-electron chi connectivity index (χ0n) is 28.0. The predicted octanol–water partition coefficient (Wildman–Crippen LogP) is 8.38. The molecule has 45 heavy (non-hydrogen) atoms. The average molecular weight is 722 g/mol. The highest BCUT2D eigenvalue weighted by Crippen LogP contribution is 2.40. The van der Waals surface area contributed by atoms with Gasteiger partial charge in [0.1, 0.15) is 17.3 Å². The first-order valence-corrected chi connectivity index (χ1v) is 21.6. The number of nitrogens with zero attached hydrogens (tertiary/aromatic N) is 2. The average Bonchev–Trinajstić information content (AvgIpc) is 2.91. The molecule has 3 rings (SSSR count). The van der Waals surface area contributed by atoms with E-state index in [-0.39, 0.29) is 27.9 Å². The second-order valence-electron chi connectivity index (χ2n) is 14.2. The number of ether oxygens (including phenoxy) is 1. The van der Waals surface area contributed by atoms with Crippen molar-refractivity contribution in [2.75, 3.05) is 13.2 Å². The van der Waals surface area contributed by atoms with E-state index in [0.717, 1.165) is 10.7 Å². The van der Waals surface area contributed by atoms with E-state index in [0.29, 0.717) is 35.4 Å². The molecule has 0 spiro atoms. The van der Waals surface area contributed by atoms with Gasteiger partial charge in [-0.05, 0) is 82.9 Å². The Morgan fingerprint density at radius 1 is 0.978 bits per heavy atom. The molecule has 246 valence electrons. The van der Waals surface area contributed by atoms with Crippen molar-refractivity contribution in [1.29, 1.82) is 0 Å². The number of halogens is 2. The van der Waals surface area contributed by atoms with Gasteiger partial charge < -0.3 is 18.7 Å². The van der Waals surface area contributed by atoms with Crippen molar-refractivity contribution in [2.24, 2.45) is 0 Å². The number of rotatable bonds is 12. The zero-order valence-corrected chi connectivity index (χ0v) is 31.6. The molecule has 0 aliphatic heterocycles. The van der Waals surface area contributed by atoms with Crippen LogP contribution in [-0.2, 0) is 15.8 Å². The van der Waals surface area contributed by atoms with Crippen molar-refractivity contribution in [2.45, 2.75) is 90.8 Å². The number of ketones is 1. The Hall–Kier alpha value is -2.65. The Balaban J connectivity index is 1.87. The van der Waals surface area contributed by atoms with Crippen LogP contribution in [0.1, 0.15) is 69.6 Å². The van der Waals surface area contributed by atoms with E-state index >= 15 is 4.39 Å². The number of benzene rings is 2. The maximum Gasteiger partial charge on any atom is 0.275 e. The number of carbonyl (C=O) groups excluding carboxylic acids is 1. The molecule has 0 aliphatic rings. The predicted molar refractivity (Wildman–Crippen MR) is 184 cm³/mol. The molecule has 1 aromatic heterocycles. The smallest absolute Gasteiger partial charge is 0.275 e. The van der Waals surface area contributed by atoms with E-state index in [1.54, 1.807) is 24.3 Å². The highest BCUT2D eigenvalue weighted by molar-refractivity contribution is 9.10. The van der Waals surface area contributed by atoms with E-state index in [1.165, 1.54) is 12.1 Å². The first-order valence-electron chi connectivity index (χ1n) is 15.0. The lowest BCUT2D eigenvalue weighted by Crippen LogP contribution is -2.44. The zero-order chi connectivity index (χ0) is 34.0. The maximum atomic E-state index is 15.3. The van der Waals surface area contributed by atoms with Crippen LogP contribution in [0.4, 0.5) is 4.39 Å². The van der Waals surface area contributed by atoms with Crippen molar-refractivity contribution < 1.29 is 27.9 Å². The molecule has 0 atom stereocenters. The van der Waals surface area contributed by atoms with Crippen LogP contribution in [0, 0.1) is 5.82 Å². The van der Waals surface area contributed by atoms with Crippen molar-refractivity contribution in [3.8, 4) is 17.2 Å². The minimum atomic E-state index is -2.24. The van der Waals surface area contributed by atoms with Gasteiger partial charge in [0, 0.05) is 30.4 Å². The molecule has 0 saturated carbocycles. The number of carbonyl (C=O) groups is 1. The van der Waals surface area contributed by atoms with Crippen molar-refractivity contribution in [3.63, 3.8) is 0 Å². The van der Waals surface area contributed by atoms with Crippen LogP contribution < -0.4 is 9.99 Å². The lowest BCUT2D eigenvalue weighted by molar-refractivity contribution is 0.102. The number of hydrogen-bond acceptors (Lipinski definition) is 7. The van der Waals surface area contributed by atoms with Gasteiger partial charge in [0.05, 0.1) is 11.1 Å². The first-order chi connectivity index (χ1) is 20.7. The summed E-state index contributed by atoms with van der Waals surface area (Å²) in [5.74, 6) is -1.48. The molecular weight excluding hydrogens is 675 g/mol. The third-order valence-electron chi connectivity index (χ3n) is 8.73. The lowest BCUT2D eigenvalue weighted by atomic mass is 10.1. The highest BCUT2D eigenvalue weighted by atomic mass is 79.9. The molecule has 1 N–H and O–H groups in total. The summed E-state index contributed by atoms with van der Waals surface area (Å²) in [4.78, 5) is 26.6. The summed E-state index contributed by atoms with van der Waals surface area (Å²) in [5, 5.41) is 14.8. The van der Waals surface area contributed by atoms with E-state index in [2.05, 4.69) is 88.8 Å². The lowest BCUT2D eigenvalue weighted by Gasteiger charge is -2.36. The van der Waals surface area contributed by atoms with E-state index in [4.69, 9.17) is 13.6 Å².